The van der Waals surface area contributed by atoms with Gasteiger partial charge in [0, 0.05) is 93.8 Å². The zero-order valence-electron chi connectivity index (χ0n) is 57.9. The molecular formula is C72H78Cl3F2N13O12S. The van der Waals surface area contributed by atoms with E-state index in [1.54, 1.807) is 80.9 Å². The maximum atomic E-state index is 14.0. The van der Waals surface area contributed by atoms with Gasteiger partial charge < -0.3 is 55.7 Å². The summed E-state index contributed by atoms with van der Waals surface area (Å²) in [5, 5.41) is 31.7. The molecule has 6 amide bonds. The Morgan fingerprint density at radius 3 is 1.25 bits per heavy atom. The zero-order chi connectivity index (χ0) is 74.2. The Labute approximate surface area is 606 Å². The molecule has 0 unspecified atom stereocenters. The predicted octanol–water partition coefficient (Wildman–Crippen LogP) is 9.31. The normalized spacial score (nSPS) is 18.0. The smallest absolute Gasteiger partial charge is 0.293 e. The minimum atomic E-state index is -3.17. The largest absolute Gasteiger partial charge is 0.376 e. The van der Waals surface area contributed by atoms with Crippen molar-refractivity contribution in [3.63, 3.8) is 0 Å². The standard InChI is InChI=1S/C27H31ClF2N4O5S.C23H23ClN6O3.C22H24ClN3O4/c1-15-6-7-17(9-18(15)28)32-23(36)21-16(2)20(19-5-4-8-34(19)21)22(35)24(37)33-26(10-27(29,30)11-26)12-31-25(3)13-40(38,39)14-25;1-12-5-6-14(10-15(12)24)26-21(32)19-13(2)18(16-4-3-9-30(16)19)20(31)22(33)27-23(7-8-23)17-11-25-29-28-17;1-12-6-7-14(9-15(12)23)24-20(28)18-13(2)17(16-5-4-8-26(16)18)19(27)21(29)25-22(3)10-30-11-22/h6-7,9,31H,4-5,8,10-14H2,1-3H3,(H,32,36)(H,33,37);5-6,10-11H,3-4,7-9H2,1-2H3,(H,26,32)(H,27,33)(H,25,28,29);6-7,9H,4-5,8,10-11H2,1-3H3,(H,24,28)(H,25,29). The van der Waals surface area contributed by atoms with Crippen LogP contribution in [0.2, 0.25) is 15.1 Å². The number of rotatable bonds is 19. The number of hydrogen-bond acceptors (Lipinski definition) is 15. The second-order valence-corrected chi connectivity index (χ2v) is 32.0. The number of amides is 6. The number of benzene rings is 3. The van der Waals surface area contributed by atoms with Gasteiger partial charge in [-0.15, -0.1) is 0 Å². The molecular weight excluding hydrogens is 1420 g/mol. The van der Waals surface area contributed by atoms with Gasteiger partial charge in [0.2, 0.25) is 0 Å². The lowest BCUT2D eigenvalue weighted by Gasteiger charge is -2.50. The highest BCUT2D eigenvalue weighted by molar-refractivity contribution is 7.93. The topological polar surface area (TPSA) is 338 Å². The second-order valence-electron chi connectivity index (χ2n) is 28.7. The first-order chi connectivity index (χ1) is 48.5. The maximum absolute atomic E-state index is 14.0. The first kappa shape index (κ1) is 73.8. The number of alkyl halides is 2. The molecule has 0 radical (unpaired) electrons. The molecule has 4 fully saturated rings. The van der Waals surface area contributed by atoms with E-state index in [4.69, 9.17) is 39.5 Å². The predicted molar refractivity (Wildman–Crippen MR) is 381 cm³/mol. The number of aryl methyl sites for hydroxylation is 3. The number of carbonyl (C=O) groups is 9. The Bertz CT molecular complexity index is 4840. The number of aromatic nitrogens is 6. The van der Waals surface area contributed by atoms with E-state index >= 15 is 0 Å². The van der Waals surface area contributed by atoms with Gasteiger partial charge in [-0.25, -0.2) is 17.2 Å². The lowest BCUT2D eigenvalue weighted by atomic mass is 9.72. The van der Waals surface area contributed by atoms with E-state index < -0.39 is 91.7 Å². The number of H-pyrrole nitrogens is 1. The summed E-state index contributed by atoms with van der Waals surface area (Å²) in [5.74, 6) is -8.93. The summed E-state index contributed by atoms with van der Waals surface area (Å²) in [4.78, 5) is 118. The number of hydrogen-bond donors (Lipinski definition) is 8. The van der Waals surface area contributed by atoms with Crippen molar-refractivity contribution in [1.82, 2.24) is 50.4 Å². The van der Waals surface area contributed by atoms with Crippen molar-refractivity contribution in [1.29, 1.82) is 0 Å². The number of aromatic amines is 1. The monoisotopic (exact) mass is 1490 g/mol. The third kappa shape index (κ3) is 14.8. The molecule has 0 spiro atoms. The van der Waals surface area contributed by atoms with Crippen molar-refractivity contribution < 1.29 is 65.1 Å². The van der Waals surface area contributed by atoms with Crippen molar-refractivity contribution in [2.24, 2.45) is 0 Å². The third-order valence-electron chi connectivity index (χ3n) is 20.2. The van der Waals surface area contributed by atoms with Gasteiger partial charge in [-0.05, 0) is 177 Å². The Balaban J connectivity index is 0.000000147. The number of Topliss-reactive ketones (excluding diaryl/α,β-unsaturated/α-hetero) is 3. The summed E-state index contributed by atoms with van der Waals surface area (Å²) < 4.78 is 61.8. The van der Waals surface area contributed by atoms with Crippen LogP contribution in [0.4, 0.5) is 25.8 Å². The van der Waals surface area contributed by atoms with Gasteiger partial charge in [-0.3, -0.25) is 43.2 Å². The molecule has 14 rings (SSSR count). The fraction of sp³-hybridized carbons (Fsp3) is 0.431. The molecule has 31 heteroatoms. The molecule has 2 aliphatic carbocycles. The van der Waals surface area contributed by atoms with E-state index in [1.165, 1.54) is 0 Å². The Morgan fingerprint density at radius 1 is 0.553 bits per heavy atom. The van der Waals surface area contributed by atoms with E-state index in [1.807, 2.05) is 49.0 Å². The number of fused-ring (bicyclic) bond motifs is 3. The van der Waals surface area contributed by atoms with Crippen LogP contribution in [-0.4, -0.2) is 144 Å². The molecule has 4 aromatic heterocycles. The summed E-state index contributed by atoms with van der Waals surface area (Å²) in [6, 6.07) is 15.7. The molecule has 0 bridgehead atoms. The fourth-order valence-corrected chi connectivity index (χ4v) is 17.5. The Hall–Kier alpha value is -8.93. The minimum Gasteiger partial charge on any atom is -0.376 e. The van der Waals surface area contributed by atoms with Gasteiger partial charge >= 0.3 is 0 Å². The van der Waals surface area contributed by atoms with E-state index in [0.29, 0.717) is 154 Å². The molecule has 9 heterocycles. The summed E-state index contributed by atoms with van der Waals surface area (Å²) >= 11 is 18.5. The number of nitrogens with one attached hydrogen (secondary N) is 8. The zero-order valence-corrected chi connectivity index (χ0v) is 61.0. The molecule has 2 saturated carbocycles. The number of nitrogens with zero attached hydrogens (tertiary/aromatic N) is 5. The van der Waals surface area contributed by atoms with Crippen molar-refractivity contribution in [2.75, 3.05) is 47.2 Å². The van der Waals surface area contributed by atoms with Crippen LogP contribution in [-0.2, 0) is 73.4 Å². The SMILES string of the molecule is Cc1ccc(NC(=O)c2c(C)c(C(=O)C(=O)NC3(C)COC3)c3n2CCC3)cc1Cl.Cc1ccc(NC(=O)c2c(C)c(C(=O)C(=O)NC3(CNC4(C)CS(=O)(=O)C4)CC(F)(F)C3)c3n2CCC3)cc1Cl.Cc1ccc(NC(=O)c2c(C)c(C(=O)C(=O)NC3(c4cn[nH]n4)CC3)c3n2CCC3)cc1Cl. The molecule has 544 valence electrons. The third-order valence-corrected chi connectivity index (χ3v) is 23.6. The number of ketones is 3. The molecule has 8 N–H and O–H groups in total. The summed E-state index contributed by atoms with van der Waals surface area (Å²) in [6.45, 7) is 16.5. The quantitative estimate of drug-likeness (QED) is 0.0276. The highest BCUT2D eigenvalue weighted by atomic mass is 35.5. The van der Waals surface area contributed by atoms with Crippen molar-refractivity contribution >= 4 is 114 Å². The summed E-state index contributed by atoms with van der Waals surface area (Å²) in [5.41, 5.74) is 6.76. The minimum absolute atomic E-state index is 0.104. The van der Waals surface area contributed by atoms with Gasteiger partial charge in [-0.1, -0.05) is 53.0 Å². The summed E-state index contributed by atoms with van der Waals surface area (Å²) in [6.07, 6.45) is 5.66. The van der Waals surface area contributed by atoms with E-state index in [-0.39, 0.29) is 41.1 Å². The lowest BCUT2D eigenvalue weighted by molar-refractivity contribution is -0.145. The van der Waals surface area contributed by atoms with Crippen LogP contribution in [0, 0.1) is 41.5 Å². The number of sulfone groups is 1. The van der Waals surface area contributed by atoms with Gasteiger partial charge in [-0.2, -0.15) is 15.4 Å². The van der Waals surface area contributed by atoms with Gasteiger partial charge in [0.05, 0.1) is 64.2 Å². The molecule has 25 nitrogen and oxygen atoms in total. The van der Waals surface area contributed by atoms with Crippen LogP contribution >= 0.6 is 34.8 Å². The van der Waals surface area contributed by atoms with Crippen molar-refractivity contribution in [3.8, 4) is 0 Å². The average molecular weight is 1490 g/mol. The van der Waals surface area contributed by atoms with Crippen LogP contribution in [0.3, 0.4) is 0 Å². The molecule has 2 saturated heterocycles. The van der Waals surface area contributed by atoms with E-state index in [9.17, 15) is 60.3 Å². The van der Waals surface area contributed by atoms with Crippen LogP contribution < -0.4 is 37.2 Å². The second kappa shape index (κ2) is 27.9. The van der Waals surface area contributed by atoms with Crippen molar-refractivity contribution in [2.45, 2.75) is 167 Å². The first-order valence-electron chi connectivity index (χ1n) is 33.8. The maximum Gasteiger partial charge on any atom is 0.293 e. The Kier molecular flexibility index (Phi) is 20.0. The molecule has 5 aliphatic heterocycles. The van der Waals surface area contributed by atoms with Crippen LogP contribution in [0.25, 0.3) is 0 Å². The highest BCUT2D eigenvalue weighted by Crippen LogP contribution is 2.47. The van der Waals surface area contributed by atoms with Crippen molar-refractivity contribution in [3.05, 3.63) is 166 Å². The average Bonchev–Trinajstić information content (AvgIpc) is 1.68. The number of carbonyl (C=O) groups excluding carboxylic acids is 9. The van der Waals surface area contributed by atoms with Crippen LogP contribution in [0.1, 0.15) is 177 Å². The molecule has 7 aromatic rings. The molecule has 103 heavy (non-hydrogen) atoms. The van der Waals surface area contributed by atoms with E-state index in [2.05, 4.69) is 52.6 Å². The van der Waals surface area contributed by atoms with Gasteiger partial charge in [0.15, 0.2) is 9.84 Å². The molecule has 7 aliphatic rings. The lowest BCUT2D eigenvalue weighted by Crippen LogP contribution is -2.71. The highest BCUT2D eigenvalue weighted by Gasteiger charge is 2.59. The summed E-state index contributed by atoms with van der Waals surface area (Å²) in [7, 11) is -3.17. The first-order valence-corrected chi connectivity index (χ1v) is 36.8. The van der Waals surface area contributed by atoms with Gasteiger partial charge in [0.25, 0.3) is 58.7 Å². The number of anilines is 3. The van der Waals surface area contributed by atoms with Gasteiger partial charge in [0.1, 0.15) is 22.8 Å². The number of halogens is 5. The Morgan fingerprint density at radius 2 is 0.932 bits per heavy atom. The van der Waals surface area contributed by atoms with E-state index in [0.717, 1.165) is 40.9 Å². The molecule has 3 aromatic carbocycles. The van der Waals surface area contributed by atoms with Crippen LogP contribution in [0.15, 0.2) is 60.8 Å². The number of ether oxygens (including phenoxy) is 1. The molecule has 0 atom stereocenters. The fourth-order valence-electron chi connectivity index (χ4n) is 14.9. The van der Waals surface area contributed by atoms with Crippen LogP contribution in [0.5, 0.6) is 0 Å².